The highest BCUT2D eigenvalue weighted by Gasteiger charge is 2.25. The van der Waals surface area contributed by atoms with Crippen LogP contribution in [0.4, 0.5) is 0 Å². The molecule has 1 rings (SSSR count). The summed E-state index contributed by atoms with van der Waals surface area (Å²) >= 11 is 0. The standard InChI is InChI=1S/C18H31NO3/c1-3-4-5-9-16(20)15-10-11-18(22)19-12-7-6-8-14(2)17(21)13-15/h14-15H,3-13H2,1-2H3,(H,19,22). The number of amides is 1. The molecule has 0 aromatic heterocycles. The van der Waals surface area contributed by atoms with E-state index in [0.29, 0.717) is 32.2 Å². The molecule has 0 bridgehead atoms. The summed E-state index contributed by atoms with van der Waals surface area (Å²) in [4.78, 5) is 36.4. The van der Waals surface area contributed by atoms with Gasteiger partial charge in [-0.25, -0.2) is 0 Å². The van der Waals surface area contributed by atoms with Crippen molar-refractivity contribution < 1.29 is 14.4 Å². The molecule has 0 aliphatic carbocycles. The summed E-state index contributed by atoms with van der Waals surface area (Å²) in [6.45, 7) is 4.75. The molecule has 4 nitrogen and oxygen atoms in total. The zero-order valence-electron chi connectivity index (χ0n) is 14.2. The lowest BCUT2D eigenvalue weighted by atomic mass is 9.85. The second-order valence-corrected chi connectivity index (χ2v) is 6.58. The summed E-state index contributed by atoms with van der Waals surface area (Å²) in [5, 5.41) is 2.90. The lowest BCUT2D eigenvalue weighted by molar-refractivity contribution is -0.130. The molecule has 1 N–H and O–H groups in total. The fraction of sp³-hybridized carbons (Fsp3) is 0.833. The van der Waals surface area contributed by atoms with Crippen molar-refractivity contribution in [3.8, 4) is 0 Å². The number of carbonyl (C=O) groups excluding carboxylic acids is 3. The lowest BCUT2D eigenvalue weighted by Crippen LogP contribution is -2.28. The average molecular weight is 309 g/mol. The van der Waals surface area contributed by atoms with Crippen molar-refractivity contribution in [1.82, 2.24) is 5.32 Å². The lowest BCUT2D eigenvalue weighted by Gasteiger charge is -2.19. The van der Waals surface area contributed by atoms with Crippen molar-refractivity contribution in [2.24, 2.45) is 11.8 Å². The van der Waals surface area contributed by atoms with Gasteiger partial charge in [0.1, 0.15) is 11.6 Å². The molecule has 1 aliphatic rings. The van der Waals surface area contributed by atoms with Crippen LogP contribution in [0.15, 0.2) is 0 Å². The molecule has 0 radical (unpaired) electrons. The molecule has 1 amide bonds. The van der Waals surface area contributed by atoms with E-state index in [0.717, 1.165) is 38.5 Å². The minimum atomic E-state index is -0.267. The number of hydrogen-bond donors (Lipinski definition) is 1. The van der Waals surface area contributed by atoms with Gasteiger partial charge in [-0.3, -0.25) is 14.4 Å². The highest BCUT2D eigenvalue weighted by Crippen LogP contribution is 2.21. The van der Waals surface area contributed by atoms with Gasteiger partial charge in [0.15, 0.2) is 0 Å². The molecule has 1 fully saturated rings. The van der Waals surface area contributed by atoms with E-state index in [1.807, 2.05) is 6.92 Å². The van der Waals surface area contributed by atoms with Crippen molar-refractivity contribution in [3.63, 3.8) is 0 Å². The van der Waals surface area contributed by atoms with Gasteiger partial charge in [0.25, 0.3) is 0 Å². The van der Waals surface area contributed by atoms with Gasteiger partial charge in [0.2, 0.25) is 5.91 Å². The maximum atomic E-state index is 12.4. The fourth-order valence-electron chi connectivity index (χ4n) is 2.93. The molecular weight excluding hydrogens is 278 g/mol. The highest BCUT2D eigenvalue weighted by molar-refractivity contribution is 5.89. The Morgan fingerprint density at radius 1 is 1.18 bits per heavy atom. The Labute approximate surface area is 134 Å². The van der Waals surface area contributed by atoms with Crippen molar-refractivity contribution in [2.45, 2.75) is 78.1 Å². The summed E-state index contributed by atoms with van der Waals surface area (Å²) in [6.07, 6.45) is 7.46. The van der Waals surface area contributed by atoms with Crippen LogP contribution in [0.2, 0.25) is 0 Å². The minimum Gasteiger partial charge on any atom is -0.356 e. The first-order valence-electron chi connectivity index (χ1n) is 8.86. The van der Waals surface area contributed by atoms with Gasteiger partial charge in [-0.2, -0.15) is 0 Å². The van der Waals surface area contributed by atoms with Crippen LogP contribution >= 0.6 is 0 Å². The predicted octanol–water partition coefficient (Wildman–Crippen LogP) is 3.43. The number of Topliss-reactive ketones (excluding diaryl/α,β-unsaturated/α-hetero) is 2. The van der Waals surface area contributed by atoms with Crippen molar-refractivity contribution in [2.75, 3.05) is 6.54 Å². The molecule has 1 aliphatic heterocycles. The third kappa shape index (κ3) is 7.19. The number of unbranched alkanes of at least 4 members (excludes halogenated alkanes) is 2. The second kappa shape index (κ2) is 10.5. The number of hydrogen-bond acceptors (Lipinski definition) is 3. The molecule has 2 atom stereocenters. The zero-order valence-corrected chi connectivity index (χ0v) is 14.2. The molecule has 0 spiro atoms. The van der Waals surface area contributed by atoms with E-state index < -0.39 is 0 Å². The molecule has 22 heavy (non-hydrogen) atoms. The Kier molecular flexibility index (Phi) is 9.02. The summed E-state index contributed by atoms with van der Waals surface area (Å²) in [5.74, 6) is 0.124. The third-order valence-electron chi connectivity index (χ3n) is 4.59. The van der Waals surface area contributed by atoms with Crippen LogP contribution in [0, 0.1) is 11.8 Å². The van der Waals surface area contributed by atoms with Crippen LogP contribution in [0.3, 0.4) is 0 Å². The molecule has 1 saturated heterocycles. The van der Waals surface area contributed by atoms with E-state index in [9.17, 15) is 14.4 Å². The Hall–Kier alpha value is -1.19. The smallest absolute Gasteiger partial charge is 0.220 e. The Bertz CT molecular complexity index is 379. The van der Waals surface area contributed by atoms with E-state index >= 15 is 0 Å². The summed E-state index contributed by atoms with van der Waals surface area (Å²) < 4.78 is 0. The largest absolute Gasteiger partial charge is 0.356 e. The topological polar surface area (TPSA) is 63.2 Å². The predicted molar refractivity (Wildman–Crippen MR) is 87.5 cm³/mol. The summed E-state index contributed by atoms with van der Waals surface area (Å²) in [7, 11) is 0. The first-order chi connectivity index (χ1) is 10.5. The second-order valence-electron chi connectivity index (χ2n) is 6.58. The number of nitrogens with one attached hydrogen (secondary N) is 1. The molecule has 0 saturated carbocycles. The van der Waals surface area contributed by atoms with Gasteiger partial charge in [-0.05, 0) is 25.7 Å². The first kappa shape index (κ1) is 18.9. The normalized spacial score (nSPS) is 25.0. The third-order valence-corrected chi connectivity index (χ3v) is 4.59. The van der Waals surface area contributed by atoms with E-state index in [1.54, 1.807) is 0 Å². The summed E-state index contributed by atoms with van der Waals surface area (Å²) in [6, 6.07) is 0. The SMILES string of the molecule is CCCCCC(=O)C1CCC(=O)NCCCCC(C)C(=O)C1. The van der Waals surface area contributed by atoms with Gasteiger partial charge in [-0.15, -0.1) is 0 Å². The Morgan fingerprint density at radius 3 is 2.68 bits per heavy atom. The Morgan fingerprint density at radius 2 is 1.95 bits per heavy atom. The van der Waals surface area contributed by atoms with Gasteiger partial charge in [0.05, 0.1) is 0 Å². The maximum Gasteiger partial charge on any atom is 0.220 e. The maximum absolute atomic E-state index is 12.4. The molecule has 0 aromatic rings. The Balaban J connectivity index is 2.64. The monoisotopic (exact) mass is 309 g/mol. The van der Waals surface area contributed by atoms with Crippen LogP contribution in [-0.4, -0.2) is 24.0 Å². The van der Waals surface area contributed by atoms with Gasteiger partial charge >= 0.3 is 0 Å². The fourth-order valence-corrected chi connectivity index (χ4v) is 2.93. The number of carbonyl (C=O) groups is 3. The number of rotatable bonds is 5. The van der Waals surface area contributed by atoms with Crippen LogP contribution in [0.1, 0.15) is 78.1 Å². The van der Waals surface area contributed by atoms with Gasteiger partial charge in [0, 0.05) is 37.6 Å². The van der Waals surface area contributed by atoms with Crippen LogP contribution in [0.5, 0.6) is 0 Å². The molecule has 126 valence electrons. The van der Waals surface area contributed by atoms with Crippen molar-refractivity contribution in [3.05, 3.63) is 0 Å². The molecule has 2 unspecified atom stereocenters. The molecular formula is C18H31NO3. The van der Waals surface area contributed by atoms with E-state index in [2.05, 4.69) is 12.2 Å². The van der Waals surface area contributed by atoms with Crippen LogP contribution < -0.4 is 5.32 Å². The van der Waals surface area contributed by atoms with Gasteiger partial charge < -0.3 is 5.32 Å². The minimum absolute atomic E-state index is 0.00688. The van der Waals surface area contributed by atoms with E-state index in [-0.39, 0.29) is 29.3 Å². The zero-order chi connectivity index (χ0) is 16.4. The molecule has 4 heteroatoms. The van der Waals surface area contributed by atoms with Gasteiger partial charge in [-0.1, -0.05) is 33.1 Å². The van der Waals surface area contributed by atoms with E-state index in [1.165, 1.54) is 0 Å². The average Bonchev–Trinajstić information content (AvgIpc) is 2.49. The highest BCUT2D eigenvalue weighted by atomic mass is 16.2. The summed E-state index contributed by atoms with van der Waals surface area (Å²) in [5.41, 5.74) is 0. The quantitative estimate of drug-likeness (QED) is 0.791. The molecule has 1 heterocycles. The molecule has 0 aromatic carbocycles. The van der Waals surface area contributed by atoms with Crippen LogP contribution in [0.25, 0.3) is 0 Å². The number of ketones is 2. The van der Waals surface area contributed by atoms with Crippen molar-refractivity contribution >= 4 is 17.5 Å². The van der Waals surface area contributed by atoms with E-state index in [4.69, 9.17) is 0 Å². The van der Waals surface area contributed by atoms with Crippen LogP contribution in [-0.2, 0) is 14.4 Å². The van der Waals surface area contributed by atoms with Crippen molar-refractivity contribution in [1.29, 1.82) is 0 Å². The first-order valence-corrected chi connectivity index (χ1v) is 8.86.